The molecular weight excluding hydrogens is 1700 g/mol. The number of hydrogen-bond donors (Lipinski definition) is 6. The van der Waals surface area contributed by atoms with E-state index in [1.165, 1.54) is 11.1 Å². The summed E-state index contributed by atoms with van der Waals surface area (Å²) in [5.41, 5.74) is 17.0. The second kappa shape index (κ2) is 34.3. The first kappa shape index (κ1) is 87.0. The van der Waals surface area contributed by atoms with Gasteiger partial charge in [0.15, 0.2) is 0 Å². The Labute approximate surface area is 814 Å². The molecule has 25 rings (SSSR count). The van der Waals surface area contributed by atoms with Crippen molar-refractivity contribution in [3.8, 4) is 148 Å². The molecule has 4 atom stereocenters. The van der Waals surface area contributed by atoms with Crippen LogP contribution in [0.2, 0.25) is 0 Å². The molecule has 9 aliphatic carbocycles. The molecule has 674 valence electrons. The Morgan fingerprint density at radius 2 is 0.547 bits per heavy atom. The highest BCUT2D eigenvalue weighted by Crippen LogP contribution is 2.74. The molecule has 8 fully saturated rings. The maximum absolute atomic E-state index is 16.7. The monoisotopic (exact) mass is 1800 g/mol. The Bertz CT molecular complexity index is 7430. The van der Waals surface area contributed by atoms with Crippen LogP contribution in [0.1, 0.15) is 203 Å². The predicted molar refractivity (Wildman–Crippen MR) is 560 cm³/mol. The number of amides is 2. The number of phenolic OH excluding ortho intramolecular Hbond substituents is 4. The smallest absolute Gasteiger partial charge is 0.255 e. The SMILES string of the molecule is CC12CC3CC(C)(C1)CC(c1ccc4c(c1)C(c1cc(-c5ccccc5)c(O)cc1-c1cc(-c5ccccc5)c(O)c(C#Cc5ccccc5)c1NC(=O)c1cccc(C#Cc5ccccc5)c1)(c1cc(-c5ccccc5)c(O)cc1-c1cc(-c5ccccc5)c(O)c(C#Cc5ccccc5)c1NC(=O)c1cccc(C#Cc5ccccc5)c1)c1cc(C56CC7CC(C)(CC(C)(C7)C5)C6)ccc1-4)(C3)C2. The van der Waals surface area contributed by atoms with Crippen LogP contribution in [0.3, 0.4) is 0 Å². The molecule has 4 unspecified atom stereocenters. The van der Waals surface area contributed by atoms with E-state index < -0.39 is 17.2 Å². The molecule has 16 aromatic rings. The van der Waals surface area contributed by atoms with Crippen LogP contribution in [0.25, 0.3) is 77.9 Å². The van der Waals surface area contributed by atoms with E-state index in [4.69, 9.17) is 0 Å². The van der Waals surface area contributed by atoms with Gasteiger partial charge in [-0.25, -0.2) is 0 Å². The van der Waals surface area contributed by atoms with E-state index >= 15 is 9.59 Å². The number of carbonyl (C=O) groups is 2. The van der Waals surface area contributed by atoms with Gasteiger partial charge in [-0.15, -0.1) is 0 Å². The lowest BCUT2D eigenvalue weighted by Gasteiger charge is -2.65. The van der Waals surface area contributed by atoms with Crippen LogP contribution in [0.5, 0.6) is 23.0 Å². The van der Waals surface area contributed by atoms with Crippen LogP contribution < -0.4 is 10.6 Å². The lowest BCUT2D eigenvalue weighted by atomic mass is 9.39. The van der Waals surface area contributed by atoms with Crippen LogP contribution in [0.4, 0.5) is 11.4 Å². The third kappa shape index (κ3) is 15.9. The molecule has 8 saturated carbocycles. The molecule has 8 nitrogen and oxygen atoms in total. The number of rotatable bonds is 14. The number of fused-ring (bicyclic) bond motifs is 3. The van der Waals surface area contributed by atoms with Crippen molar-refractivity contribution in [3.05, 3.63) is 453 Å². The van der Waals surface area contributed by atoms with Gasteiger partial charge < -0.3 is 31.1 Å². The first-order chi connectivity index (χ1) is 67.5. The van der Waals surface area contributed by atoms with Gasteiger partial charge in [0.2, 0.25) is 0 Å². The normalized spacial score (nSPS) is 21.5. The lowest BCUT2D eigenvalue weighted by molar-refractivity contribution is -0.110. The molecule has 8 bridgehead atoms. The summed E-state index contributed by atoms with van der Waals surface area (Å²) in [6.45, 7) is 10.2. The fourth-order valence-corrected chi connectivity index (χ4v) is 27.6. The first-order valence-electron chi connectivity index (χ1n) is 48.7. The van der Waals surface area contributed by atoms with E-state index in [0.29, 0.717) is 112 Å². The van der Waals surface area contributed by atoms with Gasteiger partial charge in [0.05, 0.1) is 27.9 Å². The number of phenols is 4. The van der Waals surface area contributed by atoms with E-state index in [-0.39, 0.29) is 89.1 Å². The largest absolute Gasteiger partial charge is 0.507 e. The minimum Gasteiger partial charge on any atom is -0.507 e. The summed E-state index contributed by atoms with van der Waals surface area (Å²) in [7, 11) is 0. The average Bonchev–Trinajstić information content (AvgIpc) is 1.50. The third-order valence-electron chi connectivity index (χ3n) is 31.4. The minimum absolute atomic E-state index is 0.0546. The van der Waals surface area contributed by atoms with E-state index in [2.05, 4.69) is 134 Å². The van der Waals surface area contributed by atoms with Crippen molar-refractivity contribution in [1.82, 2.24) is 0 Å². The van der Waals surface area contributed by atoms with Gasteiger partial charge in [-0.1, -0.05) is 318 Å². The molecule has 0 saturated heterocycles. The summed E-state index contributed by atoms with van der Waals surface area (Å²) >= 11 is 0. The maximum Gasteiger partial charge on any atom is 0.255 e. The number of benzene rings is 16. The first-order valence-corrected chi connectivity index (χ1v) is 48.7. The molecule has 2 amide bonds. The zero-order valence-corrected chi connectivity index (χ0v) is 78.4. The van der Waals surface area contributed by atoms with Crippen LogP contribution in [-0.2, 0) is 16.2 Å². The molecular formula is C131H104N2O6. The molecule has 0 spiro atoms. The Balaban J connectivity index is 0.908. The molecule has 0 aliphatic heterocycles. The van der Waals surface area contributed by atoms with Crippen LogP contribution >= 0.6 is 0 Å². The summed E-state index contributed by atoms with van der Waals surface area (Å²) in [5, 5.41) is 63.6. The number of anilines is 2. The van der Waals surface area contributed by atoms with Crippen molar-refractivity contribution >= 4 is 23.2 Å². The van der Waals surface area contributed by atoms with Gasteiger partial charge in [0, 0.05) is 77.9 Å². The molecule has 0 heterocycles. The van der Waals surface area contributed by atoms with Crippen LogP contribution in [-0.4, -0.2) is 32.2 Å². The Morgan fingerprint density at radius 1 is 0.259 bits per heavy atom. The quantitative estimate of drug-likeness (QED) is 0.0600. The van der Waals surface area contributed by atoms with Crippen LogP contribution in [0, 0.1) is 80.9 Å². The summed E-state index contributed by atoms with van der Waals surface area (Å²) in [6.07, 6.45) is 12.9. The Morgan fingerprint density at radius 3 is 0.871 bits per heavy atom. The zero-order chi connectivity index (χ0) is 94.6. The second-order valence-corrected chi connectivity index (χ2v) is 42.1. The lowest BCUT2D eigenvalue weighted by Crippen LogP contribution is -2.56. The van der Waals surface area contributed by atoms with Gasteiger partial charge in [-0.2, -0.15) is 0 Å². The number of nitrogens with one attached hydrogen (secondary N) is 2. The molecule has 16 aromatic carbocycles. The van der Waals surface area contributed by atoms with E-state index in [1.807, 2.05) is 291 Å². The topological polar surface area (TPSA) is 139 Å². The number of hydrogen-bond acceptors (Lipinski definition) is 6. The highest BCUT2D eigenvalue weighted by Gasteiger charge is 2.63. The highest BCUT2D eigenvalue weighted by molar-refractivity contribution is 6.12. The summed E-state index contributed by atoms with van der Waals surface area (Å²) in [6, 6.07) is 120. The van der Waals surface area contributed by atoms with Gasteiger partial charge in [-0.05, 0) is 321 Å². The molecule has 9 aliphatic rings. The molecule has 139 heavy (non-hydrogen) atoms. The second-order valence-electron chi connectivity index (χ2n) is 42.1. The van der Waals surface area contributed by atoms with Crippen molar-refractivity contribution in [2.75, 3.05) is 10.6 Å². The molecule has 0 radical (unpaired) electrons. The van der Waals surface area contributed by atoms with Gasteiger partial charge in [-0.3, -0.25) is 9.59 Å². The summed E-state index contributed by atoms with van der Waals surface area (Å²) in [5.74, 6) is 26.8. The van der Waals surface area contributed by atoms with Gasteiger partial charge in [0.25, 0.3) is 11.8 Å². The van der Waals surface area contributed by atoms with Gasteiger partial charge in [0.1, 0.15) is 23.0 Å². The fraction of sp³-hybridized carbons (Fsp3) is 0.191. The van der Waals surface area contributed by atoms with E-state index in [0.717, 1.165) is 110 Å². The van der Waals surface area contributed by atoms with E-state index in [1.54, 1.807) is 24.3 Å². The van der Waals surface area contributed by atoms with Crippen molar-refractivity contribution in [2.45, 2.75) is 121 Å². The highest BCUT2D eigenvalue weighted by atomic mass is 16.3. The number of aromatic hydroxyl groups is 4. The standard InChI is InChI=1S/C131H104N2O6/c1-125-73-91-74-126(2,79-125)82-129(77-91,81-125)99-57-61-101-102-62-58-100(130-78-92-75-127(3,83-130)80-128(4,76-92)84-130)66-114(102)131(113(101)65-99,115-69-105(93-41-21-9-22-42-93)117(134)71-109(115)111-67-107(95-45-25-11-26-46-95)121(136)103(59-55-87-35-17-7-18-36-87)119(111)132-123(138)97-49-29-39-89(63-97)53-51-85-31-13-5-14-32-85)116-70-106(94-43-23-10-24-44-94)118(135)72-110(116)112-68-108(96-47-27-12-28-48-96)122(137)104(60-56-88-37-19-8-20-38-88)120(112)133-124(139)98-50-30-40-90(64-98)54-52-86-33-15-6-16-34-86/h5-50,57-58,61-72,91-92,134-137H,73-84H2,1-4H3,(H,132,138)(H,133,139). The van der Waals surface area contributed by atoms with Gasteiger partial charge >= 0.3 is 0 Å². The minimum atomic E-state index is -1.72. The third-order valence-corrected chi connectivity index (χ3v) is 31.4. The maximum atomic E-state index is 16.7. The predicted octanol–water partition coefficient (Wildman–Crippen LogP) is 29.5. The zero-order valence-electron chi connectivity index (χ0n) is 78.4. The van der Waals surface area contributed by atoms with Crippen molar-refractivity contribution < 1.29 is 30.0 Å². The Hall–Kier alpha value is -16.1. The molecule has 0 aromatic heterocycles. The number of carbonyl (C=O) groups excluding carboxylic acids is 2. The molecule has 6 N–H and O–H groups in total. The fourth-order valence-electron chi connectivity index (χ4n) is 27.6. The molecule has 8 heteroatoms. The summed E-state index contributed by atoms with van der Waals surface area (Å²) < 4.78 is 0. The Kier molecular flexibility index (Phi) is 21.5. The van der Waals surface area contributed by atoms with E-state index in [9.17, 15) is 20.4 Å². The van der Waals surface area contributed by atoms with Crippen LogP contribution in [0.15, 0.2) is 364 Å². The average molecular weight is 1800 g/mol. The van der Waals surface area contributed by atoms with Crippen molar-refractivity contribution in [1.29, 1.82) is 0 Å². The summed E-state index contributed by atoms with van der Waals surface area (Å²) in [4.78, 5) is 33.3. The van der Waals surface area contributed by atoms with Crippen molar-refractivity contribution in [2.24, 2.45) is 33.5 Å². The van der Waals surface area contributed by atoms with Crippen molar-refractivity contribution in [3.63, 3.8) is 0 Å².